The van der Waals surface area contributed by atoms with Crippen molar-refractivity contribution in [3.05, 3.63) is 16.3 Å². The number of sulfonamides is 1. The molecule has 0 radical (unpaired) electrons. The average molecular weight is 300 g/mol. The lowest BCUT2D eigenvalue weighted by Crippen LogP contribution is -2.34. The Bertz CT molecular complexity index is 625. The minimum absolute atomic E-state index is 0.0973. The number of rotatable bonds is 6. The second-order valence-electron chi connectivity index (χ2n) is 4.17. The molecular formula is C11H12N2O4S2. The molecule has 2 rings (SSSR count). The van der Waals surface area contributed by atoms with Gasteiger partial charge in [0.1, 0.15) is 9.77 Å². The van der Waals surface area contributed by atoms with Gasteiger partial charge in [-0.15, -0.1) is 11.3 Å². The highest BCUT2D eigenvalue weighted by atomic mass is 32.2. The Balaban J connectivity index is 2.36. The van der Waals surface area contributed by atoms with Crippen LogP contribution in [0.2, 0.25) is 0 Å². The lowest BCUT2D eigenvalue weighted by molar-refractivity contribution is 0.0698. The van der Waals surface area contributed by atoms with E-state index in [0.29, 0.717) is 0 Å². The first-order chi connectivity index (χ1) is 8.98. The van der Waals surface area contributed by atoms with Gasteiger partial charge in [-0.2, -0.15) is 9.57 Å². The molecule has 0 amide bonds. The molecule has 1 saturated carbocycles. The van der Waals surface area contributed by atoms with Crippen molar-refractivity contribution in [3.63, 3.8) is 0 Å². The van der Waals surface area contributed by atoms with E-state index in [1.807, 2.05) is 6.07 Å². The highest BCUT2D eigenvalue weighted by molar-refractivity contribution is 7.89. The Kier molecular flexibility index (Phi) is 3.89. The molecule has 0 atom stereocenters. The summed E-state index contributed by atoms with van der Waals surface area (Å²) in [6.07, 6.45) is 1.62. The first kappa shape index (κ1) is 14.0. The van der Waals surface area contributed by atoms with Crippen molar-refractivity contribution in [1.82, 2.24) is 4.31 Å². The first-order valence-electron chi connectivity index (χ1n) is 5.68. The molecular weight excluding hydrogens is 288 g/mol. The van der Waals surface area contributed by atoms with E-state index in [-0.39, 0.29) is 28.8 Å². The van der Waals surface area contributed by atoms with Gasteiger partial charge >= 0.3 is 5.97 Å². The van der Waals surface area contributed by atoms with Crippen LogP contribution in [0.25, 0.3) is 0 Å². The third-order valence-electron chi connectivity index (χ3n) is 2.81. The number of carbonyl (C=O) groups is 1. The standard InChI is InChI=1S/C11H12N2O4S2/c12-5-1-6-13(8-2-3-8)19(16,17)9-4-7-18-10(9)11(14)15/h4,7-8H,1-3,6H2,(H,14,15). The molecule has 0 bridgehead atoms. The molecule has 0 unspecified atom stereocenters. The molecule has 0 aliphatic heterocycles. The lowest BCUT2D eigenvalue weighted by atomic mass is 10.4. The zero-order valence-electron chi connectivity index (χ0n) is 9.94. The number of carboxylic acid groups (broad SMARTS) is 1. The smallest absolute Gasteiger partial charge is 0.347 e. The number of thiophene rings is 1. The van der Waals surface area contributed by atoms with E-state index in [9.17, 15) is 13.2 Å². The third-order valence-corrected chi connectivity index (χ3v) is 5.83. The fourth-order valence-electron chi connectivity index (χ4n) is 1.80. The summed E-state index contributed by atoms with van der Waals surface area (Å²) in [5.74, 6) is -1.25. The summed E-state index contributed by atoms with van der Waals surface area (Å²) in [6.45, 7) is 0.110. The van der Waals surface area contributed by atoms with Crippen LogP contribution < -0.4 is 0 Å². The summed E-state index contributed by atoms with van der Waals surface area (Å²) in [4.78, 5) is 10.7. The van der Waals surface area contributed by atoms with Crippen LogP contribution in [0.4, 0.5) is 0 Å². The van der Waals surface area contributed by atoms with Gasteiger partial charge in [0, 0.05) is 19.0 Å². The van der Waals surface area contributed by atoms with Crippen LogP contribution in [0.3, 0.4) is 0 Å². The number of nitrogens with zero attached hydrogens (tertiary/aromatic N) is 2. The van der Waals surface area contributed by atoms with Crippen molar-refractivity contribution in [2.45, 2.75) is 30.2 Å². The number of aromatic carboxylic acids is 1. The minimum Gasteiger partial charge on any atom is -0.477 e. The van der Waals surface area contributed by atoms with E-state index in [0.717, 1.165) is 24.2 Å². The maximum absolute atomic E-state index is 12.5. The summed E-state index contributed by atoms with van der Waals surface area (Å²) in [7, 11) is -3.83. The van der Waals surface area contributed by atoms with Crippen molar-refractivity contribution in [1.29, 1.82) is 5.26 Å². The molecule has 1 heterocycles. The van der Waals surface area contributed by atoms with E-state index in [1.165, 1.54) is 15.8 Å². The number of carboxylic acids is 1. The van der Waals surface area contributed by atoms with E-state index in [1.54, 1.807) is 0 Å². The normalized spacial score (nSPS) is 15.4. The van der Waals surface area contributed by atoms with E-state index in [4.69, 9.17) is 10.4 Å². The van der Waals surface area contributed by atoms with Gasteiger partial charge in [-0.05, 0) is 24.3 Å². The van der Waals surface area contributed by atoms with Crippen LogP contribution in [-0.4, -0.2) is 36.4 Å². The van der Waals surface area contributed by atoms with Gasteiger partial charge in [-0.3, -0.25) is 0 Å². The quantitative estimate of drug-likeness (QED) is 0.858. The SMILES string of the molecule is N#CCCN(C1CC1)S(=O)(=O)c1ccsc1C(=O)O. The van der Waals surface area contributed by atoms with Gasteiger partial charge in [0.15, 0.2) is 0 Å². The molecule has 19 heavy (non-hydrogen) atoms. The molecule has 102 valence electrons. The monoisotopic (exact) mass is 300 g/mol. The Morgan fingerprint density at radius 1 is 1.58 bits per heavy atom. The lowest BCUT2D eigenvalue weighted by Gasteiger charge is -2.20. The van der Waals surface area contributed by atoms with Crippen molar-refractivity contribution >= 4 is 27.3 Å². The second-order valence-corrected chi connectivity index (χ2v) is 6.95. The van der Waals surface area contributed by atoms with Crippen molar-refractivity contribution < 1.29 is 18.3 Å². The summed E-state index contributed by atoms with van der Waals surface area (Å²) in [5, 5.41) is 19.0. The van der Waals surface area contributed by atoms with Crippen LogP contribution in [0.15, 0.2) is 16.3 Å². The van der Waals surface area contributed by atoms with Crippen molar-refractivity contribution in [2.24, 2.45) is 0 Å². The molecule has 1 aliphatic rings. The topological polar surface area (TPSA) is 98.5 Å². The molecule has 6 nitrogen and oxygen atoms in total. The Labute approximate surface area is 114 Å². The number of hydrogen-bond donors (Lipinski definition) is 1. The number of nitriles is 1. The van der Waals surface area contributed by atoms with Crippen LogP contribution in [0, 0.1) is 11.3 Å². The van der Waals surface area contributed by atoms with Crippen LogP contribution in [0.5, 0.6) is 0 Å². The highest BCUT2D eigenvalue weighted by Crippen LogP contribution is 2.34. The zero-order valence-corrected chi connectivity index (χ0v) is 11.6. The first-order valence-corrected chi connectivity index (χ1v) is 8.00. The maximum Gasteiger partial charge on any atom is 0.347 e. The van der Waals surface area contributed by atoms with Gasteiger partial charge in [0.05, 0.1) is 6.07 Å². The minimum atomic E-state index is -3.83. The summed E-state index contributed by atoms with van der Waals surface area (Å²) in [6, 6.07) is 3.13. The largest absolute Gasteiger partial charge is 0.477 e. The third kappa shape index (κ3) is 2.78. The fourth-order valence-corrected chi connectivity index (χ4v) is 4.73. The fraction of sp³-hybridized carbons (Fsp3) is 0.455. The van der Waals surface area contributed by atoms with Gasteiger partial charge in [-0.25, -0.2) is 13.2 Å². The van der Waals surface area contributed by atoms with E-state index >= 15 is 0 Å². The van der Waals surface area contributed by atoms with Gasteiger partial charge in [0.25, 0.3) is 0 Å². The molecule has 0 spiro atoms. The molecule has 1 fully saturated rings. The van der Waals surface area contributed by atoms with Gasteiger partial charge in [-0.1, -0.05) is 0 Å². The Hall–Kier alpha value is -1.43. The van der Waals surface area contributed by atoms with E-state index < -0.39 is 16.0 Å². The van der Waals surface area contributed by atoms with Crippen molar-refractivity contribution in [3.8, 4) is 6.07 Å². The van der Waals surface area contributed by atoms with Crippen LogP contribution in [0.1, 0.15) is 28.9 Å². The number of hydrogen-bond acceptors (Lipinski definition) is 5. The second kappa shape index (κ2) is 5.28. The zero-order chi connectivity index (χ0) is 14.0. The van der Waals surface area contributed by atoms with Crippen molar-refractivity contribution in [2.75, 3.05) is 6.54 Å². The maximum atomic E-state index is 12.5. The molecule has 0 aromatic carbocycles. The summed E-state index contributed by atoms with van der Waals surface area (Å²) in [5.41, 5.74) is 0. The van der Waals surface area contributed by atoms with Gasteiger partial charge in [0.2, 0.25) is 10.0 Å². The highest BCUT2D eigenvalue weighted by Gasteiger charge is 2.39. The molecule has 1 aromatic rings. The Morgan fingerprint density at radius 2 is 2.26 bits per heavy atom. The summed E-state index contributed by atoms with van der Waals surface area (Å²) < 4.78 is 26.2. The molecule has 1 aromatic heterocycles. The van der Waals surface area contributed by atoms with Crippen LogP contribution in [-0.2, 0) is 10.0 Å². The average Bonchev–Trinajstić information content (AvgIpc) is 3.04. The molecule has 0 saturated heterocycles. The summed E-state index contributed by atoms with van der Waals surface area (Å²) >= 11 is 0.888. The Morgan fingerprint density at radius 3 is 2.79 bits per heavy atom. The van der Waals surface area contributed by atoms with Gasteiger partial charge < -0.3 is 5.11 Å². The predicted octanol–water partition coefficient (Wildman–Crippen LogP) is 1.51. The van der Waals surface area contributed by atoms with E-state index in [2.05, 4.69) is 0 Å². The molecule has 8 heteroatoms. The molecule has 1 N–H and O–H groups in total. The van der Waals surface area contributed by atoms with Crippen LogP contribution >= 0.6 is 11.3 Å². The molecule has 1 aliphatic carbocycles. The predicted molar refractivity (Wildman–Crippen MR) is 68.4 cm³/mol.